The number of carbonyl (C=O) groups excluding carboxylic acids is 1. The fourth-order valence-electron chi connectivity index (χ4n) is 1.63. The van der Waals surface area contributed by atoms with E-state index in [2.05, 4.69) is 4.74 Å². The van der Waals surface area contributed by atoms with Crippen molar-refractivity contribution in [3.8, 4) is 11.5 Å². The Morgan fingerprint density at radius 1 is 1.22 bits per heavy atom. The standard InChI is InChI=1S/C13H19NO4/c1-16-11-6-4-9(8-12(11)17-2)10(14)5-7-13(15)18-3/h4,6,8,10H,5,7,14H2,1-3H3. The Balaban J connectivity index is 2.73. The molecular weight excluding hydrogens is 234 g/mol. The van der Waals surface area contributed by atoms with Crippen LogP contribution in [0.1, 0.15) is 24.4 Å². The van der Waals surface area contributed by atoms with Gasteiger partial charge in [0.1, 0.15) is 0 Å². The van der Waals surface area contributed by atoms with Crippen LogP contribution < -0.4 is 15.2 Å². The Labute approximate surface area is 107 Å². The molecule has 5 heteroatoms. The second-order valence-electron chi connectivity index (χ2n) is 3.84. The zero-order valence-electron chi connectivity index (χ0n) is 10.9. The van der Waals surface area contributed by atoms with Gasteiger partial charge in [-0.15, -0.1) is 0 Å². The third kappa shape index (κ3) is 3.63. The van der Waals surface area contributed by atoms with Crippen molar-refractivity contribution in [2.75, 3.05) is 21.3 Å². The summed E-state index contributed by atoms with van der Waals surface area (Å²) in [5.41, 5.74) is 6.91. The van der Waals surface area contributed by atoms with Crippen LogP contribution in [-0.2, 0) is 9.53 Å². The number of carbonyl (C=O) groups is 1. The summed E-state index contributed by atoms with van der Waals surface area (Å²) in [6, 6.07) is 5.25. The van der Waals surface area contributed by atoms with Gasteiger partial charge in [0.05, 0.1) is 21.3 Å². The Kier molecular flexibility index (Phi) is 5.45. The molecule has 0 aliphatic carbocycles. The average molecular weight is 253 g/mol. The number of hydrogen-bond acceptors (Lipinski definition) is 5. The second kappa shape index (κ2) is 6.86. The molecule has 0 amide bonds. The van der Waals surface area contributed by atoms with Crippen molar-refractivity contribution in [3.05, 3.63) is 23.8 Å². The van der Waals surface area contributed by atoms with Gasteiger partial charge in [0.2, 0.25) is 0 Å². The minimum absolute atomic E-state index is 0.232. The zero-order chi connectivity index (χ0) is 13.5. The van der Waals surface area contributed by atoms with Crippen molar-refractivity contribution in [1.82, 2.24) is 0 Å². The lowest BCUT2D eigenvalue weighted by Gasteiger charge is -2.14. The normalized spacial score (nSPS) is 11.8. The third-order valence-corrected chi connectivity index (χ3v) is 2.72. The van der Waals surface area contributed by atoms with Gasteiger partial charge < -0.3 is 19.9 Å². The number of hydrogen-bond donors (Lipinski definition) is 1. The van der Waals surface area contributed by atoms with Gasteiger partial charge in [-0.2, -0.15) is 0 Å². The van der Waals surface area contributed by atoms with Crippen LogP contribution in [-0.4, -0.2) is 27.3 Å². The first-order valence-electron chi connectivity index (χ1n) is 5.66. The van der Waals surface area contributed by atoms with Gasteiger partial charge in [0.25, 0.3) is 0 Å². The van der Waals surface area contributed by atoms with E-state index in [1.54, 1.807) is 20.3 Å². The number of methoxy groups -OCH3 is 3. The van der Waals surface area contributed by atoms with E-state index in [0.717, 1.165) is 5.56 Å². The maximum Gasteiger partial charge on any atom is 0.305 e. The summed E-state index contributed by atoms with van der Waals surface area (Å²) < 4.78 is 14.9. The van der Waals surface area contributed by atoms with Crippen molar-refractivity contribution in [3.63, 3.8) is 0 Å². The summed E-state index contributed by atoms with van der Waals surface area (Å²) in [6.45, 7) is 0. The van der Waals surface area contributed by atoms with Crippen molar-refractivity contribution in [2.24, 2.45) is 5.73 Å². The molecule has 18 heavy (non-hydrogen) atoms. The number of ether oxygens (including phenoxy) is 3. The molecule has 1 aromatic carbocycles. The summed E-state index contributed by atoms with van der Waals surface area (Å²) in [4.78, 5) is 11.0. The van der Waals surface area contributed by atoms with Gasteiger partial charge in [-0.1, -0.05) is 6.07 Å². The lowest BCUT2D eigenvalue weighted by Crippen LogP contribution is -2.13. The molecule has 0 radical (unpaired) electrons. The molecule has 0 aromatic heterocycles. The average Bonchev–Trinajstić information content (AvgIpc) is 2.43. The van der Waals surface area contributed by atoms with E-state index in [0.29, 0.717) is 24.3 Å². The van der Waals surface area contributed by atoms with Gasteiger partial charge in [0.15, 0.2) is 11.5 Å². The summed E-state index contributed by atoms with van der Waals surface area (Å²) >= 11 is 0. The molecule has 0 aliphatic heterocycles. The predicted molar refractivity (Wildman–Crippen MR) is 67.7 cm³/mol. The molecule has 1 aromatic rings. The molecule has 1 atom stereocenters. The van der Waals surface area contributed by atoms with Crippen LogP contribution in [0.2, 0.25) is 0 Å². The summed E-state index contributed by atoms with van der Waals surface area (Å²) in [5, 5.41) is 0. The molecule has 100 valence electrons. The first kappa shape index (κ1) is 14.3. The summed E-state index contributed by atoms with van der Waals surface area (Å²) in [7, 11) is 4.51. The van der Waals surface area contributed by atoms with E-state index < -0.39 is 0 Å². The van der Waals surface area contributed by atoms with E-state index in [-0.39, 0.29) is 12.0 Å². The molecule has 2 N–H and O–H groups in total. The van der Waals surface area contributed by atoms with Gasteiger partial charge in [0, 0.05) is 12.5 Å². The molecule has 0 bridgehead atoms. The first-order valence-corrected chi connectivity index (χ1v) is 5.66. The highest BCUT2D eigenvalue weighted by Gasteiger charge is 2.12. The Hall–Kier alpha value is -1.75. The van der Waals surface area contributed by atoms with E-state index in [1.165, 1.54) is 7.11 Å². The third-order valence-electron chi connectivity index (χ3n) is 2.72. The van der Waals surface area contributed by atoms with E-state index in [4.69, 9.17) is 15.2 Å². The quantitative estimate of drug-likeness (QED) is 0.781. The lowest BCUT2D eigenvalue weighted by atomic mass is 10.0. The van der Waals surface area contributed by atoms with E-state index in [1.807, 2.05) is 12.1 Å². The van der Waals surface area contributed by atoms with Crippen molar-refractivity contribution in [1.29, 1.82) is 0 Å². The number of rotatable bonds is 6. The molecular formula is C13H19NO4. The monoisotopic (exact) mass is 253 g/mol. The molecule has 1 unspecified atom stereocenters. The zero-order valence-corrected chi connectivity index (χ0v) is 10.9. The van der Waals surface area contributed by atoms with Gasteiger partial charge in [-0.25, -0.2) is 0 Å². The Morgan fingerprint density at radius 3 is 2.44 bits per heavy atom. The molecule has 0 fully saturated rings. The van der Waals surface area contributed by atoms with Crippen LogP contribution in [0, 0.1) is 0 Å². The highest BCUT2D eigenvalue weighted by molar-refractivity contribution is 5.69. The van der Waals surface area contributed by atoms with E-state index in [9.17, 15) is 4.79 Å². The topological polar surface area (TPSA) is 70.8 Å². The van der Waals surface area contributed by atoms with Crippen LogP contribution in [0.25, 0.3) is 0 Å². The second-order valence-corrected chi connectivity index (χ2v) is 3.84. The maximum absolute atomic E-state index is 11.0. The number of benzene rings is 1. The number of nitrogens with two attached hydrogens (primary N) is 1. The van der Waals surface area contributed by atoms with Crippen molar-refractivity contribution >= 4 is 5.97 Å². The Bertz CT molecular complexity index is 406. The first-order chi connectivity index (χ1) is 8.62. The fourth-order valence-corrected chi connectivity index (χ4v) is 1.63. The van der Waals surface area contributed by atoms with Crippen LogP contribution in [0.15, 0.2) is 18.2 Å². The highest BCUT2D eigenvalue weighted by atomic mass is 16.5. The summed E-state index contributed by atoms with van der Waals surface area (Å²) in [6.07, 6.45) is 0.828. The molecule has 0 heterocycles. The largest absolute Gasteiger partial charge is 0.493 e. The van der Waals surface area contributed by atoms with Gasteiger partial charge >= 0.3 is 5.97 Å². The van der Waals surface area contributed by atoms with Crippen LogP contribution in [0.4, 0.5) is 0 Å². The molecule has 1 rings (SSSR count). The highest BCUT2D eigenvalue weighted by Crippen LogP contribution is 2.30. The molecule has 0 saturated heterocycles. The van der Waals surface area contributed by atoms with Crippen LogP contribution in [0.3, 0.4) is 0 Å². The fraction of sp³-hybridized carbons (Fsp3) is 0.462. The van der Waals surface area contributed by atoms with Gasteiger partial charge in [-0.3, -0.25) is 4.79 Å². The molecule has 5 nitrogen and oxygen atoms in total. The minimum atomic E-state index is -0.258. The van der Waals surface area contributed by atoms with Gasteiger partial charge in [-0.05, 0) is 24.1 Å². The van der Waals surface area contributed by atoms with E-state index >= 15 is 0 Å². The van der Waals surface area contributed by atoms with Crippen LogP contribution >= 0.6 is 0 Å². The molecule has 0 saturated carbocycles. The van der Waals surface area contributed by atoms with Crippen molar-refractivity contribution in [2.45, 2.75) is 18.9 Å². The maximum atomic E-state index is 11.0. The predicted octanol–water partition coefficient (Wildman–Crippen LogP) is 1.66. The number of esters is 1. The van der Waals surface area contributed by atoms with Crippen LogP contribution in [0.5, 0.6) is 11.5 Å². The Morgan fingerprint density at radius 2 is 1.89 bits per heavy atom. The SMILES string of the molecule is COC(=O)CCC(N)c1ccc(OC)c(OC)c1. The summed E-state index contributed by atoms with van der Waals surface area (Å²) in [5.74, 6) is 1.02. The smallest absolute Gasteiger partial charge is 0.305 e. The minimum Gasteiger partial charge on any atom is -0.493 e. The van der Waals surface area contributed by atoms with Crippen molar-refractivity contribution < 1.29 is 19.0 Å². The molecule has 0 aliphatic rings. The molecule has 0 spiro atoms. The lowest BCUT2D eigenvalue weighted by molar-refractivity contribution is -0.140.